The number of carbonyl (C=O) groups excluding carboxylic acids is 2. The summed E-state index contributed by atoms with van der Waals surface area (Å²) >= 11 is 0. The van der Waals surface area contributed by atoms with Gasteiger partial charge in [-0.05, 0) is 68.4 Å². The molecule has 2 heterocycles. The van der Waals surface area contributed by atoms with Gasteiger partial charge in [0.2, 0.25) is 0 Å². The van der Waals surface area contributed by atoms with Gasteiger partial charge in [-0.15, -0.1) is 0 Å². The molecule has 2 aliphatic heterocycles. The van der Waals surface area contributed by atoms with Crippen molar-refractivity contribution in [1.82, 2.24) is 9.80 Å². The number of amides is 2. The molecule has 0 N–H and O–H groups in total. The molecule has 1 saturated heterocycles. The second-order valence-corrected chi connectivity index (χ2v) is 9.17. The number of benzene rings is 2. The van der Waals surface area contributed by atoms with E-state index in [2.05, 4.69) is 13.0 Å². The van der Waals surface area contributed by atoms with Crippen LogP contribution in [0.2, 0.25) is 0 Å². The van der Waals surface area contributed by atoms with Gasteiger partial charge in [-0.1, -0.05) is 37.3 Å². The summed E-state index contributed by atoms with van der Waals surface area (Å²) in [5.74, 6) is 0.830. The first-order chi connectivity index (χ1) is 16.6. The zero-order valence-electron chi connectivity index (χ0n) is 20.4. The Bertz CT molecular complexity index is 990. The topological polar surface area (TPSA) is 59.1 Å². The average molecular weight is 465 g/mol. The minimum Gasteiger partial charge on any atom is -0.491 e. The second kappa shape index (κ2) is 11.0. The summed E-state index contributed by atoms with van der Waals surface area (Å²) in [5.41, 5.74) is 2.05. The van der Waals surface area contributed by atoms with Gasteiger partial charge in [0.25, 0.3) is 11.8 Å². The van der Waals surface area contributed by atoms with Crippen LogP contribution in [0.15, 0.2) is 48.5 Å². The highest BCUT2D eigenvalue weighted by Crippen LogP contribution is 2.30. The molecule has 1 fully saturated rings. The van der Waals surface area contributed by atoms with Gasteiger partial charge in [-0.25, -0.2) is 0 Å². The summed E-state index contributed by atoms with van der Waals surface area (Å²) in [6, 6.07) is 15.9. The Morgan fingerprint density at radius 3 is 2.56 bits per heavy atom. The molecule has 2 aromatic carbocycles. The number of aryl methyl sites for hydroxylation is 2. The van der Waals surface area contributed by atoms with Crippen molar-refractivity contribution in [2.45, 2.75) is 51.6 Å². The number of likely N-dealkylation sites (N-methyl/N-ethyl adjacent to an activating group) is 1. The molecular formula is C28H36N2O4. The Kier molecular flexibility index (Phi) is 7.88. The van der Waals surface area contributed by atoms with E-state index in [-0.39, 0.29) is 18.4 Å². The summed E-state index contributed by atoms with van der Waals surface area (Å²) < 4.78 is 12.3. The van der Waals surface area contributed by atoms with Gasteiger partial charge >= 0.3 is 0 Å². The van der Waals surface area contributed by atoms with Gasteiger partial charge in [-0.3, -0.25) is 9.59 Å². The lowest BCUT2D eigenvalue weighted by Gasteiger charge is -2.44. The molecule has 182 valence electrons. The Labute approximate surface area is 202 Å². The number of fused-ring (bicyclic) bond motifs is 1. The highest BCUT2D eigenvalue weighted by Gasteiger charge is 2.46. The molecular weight excluding hydrogens is 428 g/mol. The number of hydrogen-bond donors (Lipinski definition) is 0. The van der Waals surface area contributed by atoms with Crippen molar-refractivity contribution in [3.63, 3.8) is 0 Å². The van der Waals surface area contributed by atoms with Crippen molar-refractivity contribution in [2.75, 3.05) is 39.4 Å². The van der Waals surface area contributed by atoms with E-state index in [1.807, 2.05) is 54.3 Å². The van der Waals surface area contributed by atoms with Crippen LogP contribution in [0.1, 0.15) is 54.6 Å². The smallest absolute Gasteiger partial charge is 0.256 e. The molecule has 0 aliphatic carbocycles. The van der Waals surface area contributed by atoms with Gasteiger partial charge in [0.05, 0.1) is 19.7 Å². The van der Waals surface area contributed by atoms with Crippen LogP contribution < -0.4 is 4.74 Å². The minimum absolute atomic E-state index is 0.0358. The van der Waals surface area contributed by atoms with Crippen LogP contribution in [-0.4, -0.2) is 66.6 Å². The third kappa shape index (κ3) is 5.27. The SMILES string of the molecule is CCc1ccc(C(=O)N2CCOC3(CCCCc4ccccc4OCCN(CC)C3=O)C2)cc1. The summed E-state index contributed by atoms with van der Waals surface area (Å²) in [6.07, 6.45) is 4.20. The summed E-state index contributed by atoms with van der Waals surface area (Å²) in [4.78, 5) is 30.7. The van der Waals surface area contributed by atoms with E-state index in [1.54, 1.807) is 4.90 Å². The number of carbonyl (C=O) groups is 2. The van der Waals surface area contributed by atoms with E-state index in [0.717, 1.165) is 31.4 Å². The maximum atomic E-state index is 13.8. The molecule has 6 nitrogen and oxygen atoms in total. The third-order valence-corrected chi connectivity index (χ3v) is 7.01. The molecule has 1 atom stereocenters. The molecule has 6 heteroatoms. The molecule has 0 saturated carbocycles. The molecule has 0 radical (unpaired) electrons. The number of hydrogen-bond acceptors (Lipinski definition) is 4. The van der Waals surface area contributed by atoms with Crippen LogP contribution >= 0.6 is 0 Å². The minimum atomic E-state index is -1.01. The van der Waals surface area contributed by atoms with E-state index >= 15 is 0 Å². The lowest BCUT2D eigenvalue weighted by Crippen LogP contribution is -2.62. The Morgan fingerprint density at radius 2 is 1.79 bits per heavy atom. The first-order valence-corrected chi connectivity index (χ1v) is 12.6. The first kappa shape index (κ1) is 24.3. The van der Waals surface area contributed by atoms with Crippen molar-refractivity contribution in [1.29, 1.82) is 0 Å². The van der Waals surface area contributed by atoms with Gasteiger partial charge in [-0.2, -0.15) is 0 Å². The van der Waals surface area contributed by atoms with Gasteiger partial charge in [0, 0.05) is 18.7 Å². The fourth-order valence-corrected chi connectivity index (χ4v) is 4.95. The predicted octanol–water partition coefficient (Wildman–Crippen LogP) is 4.11. The van der Waals surface area contributed by atoms with E-state index in [0.29, 0.717) is 44.8 Å². The largest absolute Gasteiger partial charge is 0.491 e. The zero-order chi connectivity index (χ0) is 24.0. The van der Waals surface area contributed by atoms with Gasteiger partial charge in [0.15, 0.2) is 5.60 Å². The molecule has 2 aromatic rings. The average Bonchev–Trinajstić information content (AvgIpc) is 2.88. The Balaban J connectivity index is 1.55. The molecule has 2 aliphatic rings. The van der Waals surface area contributed by atoms with Crippen LogP contribution in [0, 0.1) is 0 Å². The highest BCUT2D eigenvalue weighted by molar-refractivity contribution is 5.95. The highest BCUT2D eigenvalue weighted by atomic mass is 16.5. The van der Waals surface area contributed by atoms with Crippen LogP contribution in [0.25, 0.3) is 0 Å². The lowest BCUT2D eigenvalue weighted by atomic mass is 9.90. The summed E-state index contributed by atoms with van der Waals surface area (Å²) in [5, 5.41) is 0. The first-order valence-electron chi connectivity index (χ1n) is 12.6. The number of para-hydroxylation sites is 1. The normalized spacial score (nSPS) is 21.9. The maximum Gasteiger partial charge on any atom is 0.256 e. The van der Waals surface area contributed by atoms with Crippen LogP contribution in [0.3, 0.4) is 0 Å². The number of nitrogens with zero attached hydrogens (tertiary/aromatic N) is 2. The standard InChI is InChI=1S/C28H36N2O4/c1-3-22-12-14-24(15-13-22)26(31)30-18-20-34-28(21-30)16-8-7-10-23-9-5-6-11-25(23)33-19-17-29(4-2)27(28)32/h5-6,9,11-15H,3-4,7-8,10,16-21H2,1-2H3. The summed E-state index contributed by atoms with van der Waals surface area (Å²) in [6.45, 7) is 6.70. The second-order valence-electron chi connectivity index (χ2n) is 9.17. The molecule has 2 amide bonds. The van der Waals surface area contributed by atoms with E-state index in [1.165, 1.54) is 11.1 Å². The zero-order valence-corrected chi connectivity index (χ0v) is 20.4. The molecule has 1 unspecified atom stereocenters. The summed E-state index contributed by atoms with van der Waals surface area (Å²) in [7, 11) is 0. The van der Waals surface area contributed by atoms with Crippen molar-refractivity contribution in [2.24, 2.45) is 0 Å². The van der Waals surface area contributed by atoms with E-state index < -0.39 is 5.60 Å². The quantitative estimate of drug-likeness (QED) is 0.686. The van der Waals surface area contributed by atoms with Crippen LogP contribution in [0.5, 0.6) is 5.75 Å². The number of rotatable bonds is 3. The molecule has 0 bridgehead atoms. The fraction of sp³-hybridized carbons (Fsp3) is 0.500. The molecule has 4 rings (SSSR count). The molecule has 0 aromatic heterocycles. The molecule has 1 spiro atoms. The van der Waals surface area contributed by atoms with Crippen molar-refractivity contribution in [3.8, 4) is 5.75 Å². The van der Waals surface area contributed by atoms with E-state index in [9.17, 15) is 9.59 Å². The lowest BCUT2D eigenvalue weighted by molar-refractivity contribution is -0.170. The number of ether oxygens (including phenoxy) is 2. The maximum absolute atomic E-state index is 13.8. The van der Waals surface area contributed by atoms with Gasteiger partial charge < -0.3 is 19.3 Å². The van der Waals surface area contributed by atoms with Crippen LogP contribution in [-0.2, 0) is 22.4 Å². The van der Waals surface area contributed by atoms with Crippen molar-refractivity contribution < 1.29 is 19.1 Å². The van der Waals surface area contributed by atoms with Crippen molar-refractivity contribution in [3.05, 3.63) is 65.2 Å². The fourth-order valence-electron chi connectivity index (χ4n) is 4.95. The Hall–Kier alpha value is -2.86. The monoisotopic (exact) mass is 464 g/mol. The Morgan fingerprint density at radius 1 is 1.00 bits per heavy atom. The molecule has 34 heavy (non-hydrogen) atoms. The third-order valence-electron chi connectivity index (χ3n) is 7.01. The van der Waals surface area contributed by atoms with Gasteiger partial charge in [0.1, 0.15) is 12.4 Å². The predicted molar refractivity (Wildman–Crippen MR) is 132 cm³/mol. The van der Waals surface area contributed by atoms with E-state index in [4.69, 9.17) is 9.47 Å². The van der Waals surface area contributed by atoms with Crippen LogP contribution in [0.4, 0.5) is 0 Å². The van der Waals surface area contributed by atoms with Crippen molar-refractivity contribution >= 4 is 11.8 Å². The number of morpholine rings is 1.